The van der Waals surface area contributed by atoms with Crippen LogP contribution in [-0.4, -0.2) is 88.0 Å². The van der Waals surface area contributed by atoms with E-state index in [1.54, 1.807) is 0 Å². The van der Waals surface area contributed by atoms with Crippen molar-refractivity contribution >= 4 is 5.96 Å². The summed E-state index contributed by atoms with van der Waals surface area (Å²) >= 11 is 0. The summed E-state index contributed by atoms with van der Waals surface area (Å²) in [6.07, 6.45) is 2.26. The molecule has 1 aromatic carbocycles. The van der Waals surface area contributed by atoms with Crippen LogP contribution in [0.4, 0.5) is 0 Å². The molecule has 2 fully saturated rings. The second-order valence-corrected chi connectivity index (χ2v) is 8.23. The molecule has 168 valence electrons. The predicted octanol–water partition coefficient (Wildman–Crippen LogP) is 1.68. The molecule has 1 aromatic rings. The maximum absolute atomic E-state index is 5.81. The highest BCUT2D eigenvalue weighted by molar-refractivity contribution is 5.79. The predicted molar refractivity (Wildman–Crippen MR) is 122 cm³/mol. The van der Waals surface area contributed by atoms with Crippen molar-refractivity contribution < 1.29 is 9.47 Å². The summed E-state index contributed by atoms with van der Waals surface area (Å²) in [5.74, 6) is 0.864. The molecule has 0 spiro atoms. The summed E-state index contributed by atoms with van der Waals surface area (Å²) in [7, 11) is 2.20. The molecule has 3 rings (SSSR count). The lowest BCUT2D eigenvalue weighted by atomic mass is 10.1. The van der Waals surface area contributed by atoms with Gasteiger partial charge in [0.15, 0.2) is 5.96 Å². The first kappa shape index (κ1) is 23.0. The molecule has 7 nitrogen and oxygen atoms in total. The number of nitrogens with one attached hydrogen (secondary N) is 2. The topological polar surface area (TPSA) is 61.4 Å². The summed E-state index contributed by atoms with van der Waals surface area (Å²) in [5.41, 5.74) is 2.61. The van der Waals surface area contributed by atoms with Crippen LogP contribution in [0.3, 0.4) is 0 Å². The molecule has 0 amide bonds. The van der Waals surface area contributed by atoms with E-state index >= 15 is 0 Å². The van der Waals surface area contributed by atoms with Crippen molar-refractivity contribution in [3.05, 3.63) is 35.4 Å². The lowest BCUT2D eigenvalue weighted by Gasteiger charge is -2.32. The number of nitrogens with zero attached hydrogens (tertiary/aromatic N) is 3. The van der Waals surface area contributed by atoms with Crippen LogP contribution in [0.1, 0.15) is 30.9 Å². The minimum absolute atomic E-state index is 0.283. The summed E-state index contributed by atoms with van der Waals surface area (Å²) < 4.78 is 11.1. The molecular formula is C23H39N5O2. The number of hydrogen-bond acceptors (Lipinski definition) is 5. The third-order valence-electron chi connectivity index (χ3n) is 5.64. The van der Waals surface area contributed by atoms with Gasteiger partial charge in [0.2, 0.25) is 0 Å². The monoisotopic (exact) mass is 417 g/mol. The van der Waals surface area contributed by atoms with Gasteiger partial charge in [-0.2, -0.15) is 0 Å². The van der Waals surface area contributed by atoms with E-state index in [4.69, 9.17) is 14.5 Å². The molecule has 2 saturated heterocycles. The van der Waals surface area contributed by atoms with Crippen molar-refractivity contribution in [1.82, 2.24) is 20.4 Å². The number of guanidine groups is 1. The molecule has 30 heavy (non-hydrogen) atoms. The summed E-state index contributed by atoms with van der Waals surface area (Å²) in [6.45, 7) is 12.5. The SMILES string of the molecule is CCNC(=NCc1ccc(CN2CCN(C)CC2)cc1)NCCCOC1CCOC1. The summed E-state index contributed by atoms with van der Waals surface area (Å²) in [6, 6.07) is 8.90. The largest absolute Gasteiger partial charge is 0.379 e. The van der Waals surface area contributed by atoms with Gasteiger partial charge in [-0.1, -0.05) is 24.3 Å². The Labute approximate surface area is 181 Å². The van der Waals surface area contributed by atoms with Gasteiger partial charge >= 0.3 is 0 Å². The van der Waals surface area contributed by atoms with E-state index < -0.39 is 0 Å². The lowest BCUT2D eigenvalue weighted by Crippen LogP contribution is -2.43. The first-order chi connectivity index (χ1) is 14.7. The number of benzene rings is 1. The van der Waals surface area contributed by atoms with Crippen molar-refractivity contribution in [1.29, 1.82) is 0 Å². The Morgan fingerprint density at radius 1 is 1.13 bits per heavy atom. The van der Waals surface area contributed by atoms with Gasteiger partial charge in [0, 0.05) is 59.0 Å². The van der Waals surface area contributed by atoms with E-state index in [0.717, 1.165) is 84.4 Å². The number of aliphatic imine (C=N–C) groups is 1. The third-order valence-corrected chi connectivity index (χ3v) is 5.64. The average Bonchev–Trinajstić information content (AvgIpc) is 3.28. The highest BCUT2D eigenvalue weighted by Crippen LogP contribution is 2.11. The van der Waals surface area contributed by atoms with Crippen molar-refractivity contribution in [2.24, 2.45) is 4.99 Å². The third kappa shape index (κ3) is 8.22. The Kier molecular flexibility index (Phi) is 9.89. The van der Waals surface area contributed by atoms with Gasteiger partial charge in [-0.15, -0.1) is 0 Å². The molecule has 2 aliphatic rings. The smallest absolute Gasteiger partial charge is 0.191 e. The fraction of sp³-hybridized carbons (Fsp3) is 0.696. The Morgan fingerprint density at radius 2 is 1.90 bits per heavy atom. The molecule has 2 aliphatic heterocycles. The lowest BCUT2D eigenvalue weighted by molar-refractivity contribution is 0.0420. The Morgan fingerprint density at radius 3 is 2.60 bits per heavy atom. The van der Waals surface area contributed by atoms with E-state index in [-0.39, 0.29) is 6.10 Å². The molecule has 0 saturated carbocycles. The molecule has 7 heteroatoms. The maximum atomic E-state index is 5.81. The fourth-order valence-electron chi connectivity index (χ4n) is 3.70. The molecule has 0 radical (unpaired) electrons. The first-order valence-electron chi connectivity index (χ1n) is 11.4. The molecule has 0 aromatic heterocycles. The van der Waals surface area contributed by atoms with Crippen LogP contribution in [-0.2, 0) is 22.6 Å². The highest BCUT2D eigenvalue weighted by atomic mass is 16.5. The van der Waals surface area contributed by atoms with E-state index in [1.165, 1.54) is 11.1 Å². The van der Waals surface area contributed by atoms with E-state index in [2.05, 4.69) is 58.7 Å². The fourth-order valence-corrected chi connectivity index (χ4v) is 3.70. The molecule has 0 aliphatic carbocycles. The highest BCUT2D eigenvalue weighted by Gasteiger charge is 2.15. The molecule has 2 heterocycles. The van der Waals surface area contributed by atoms with Crippen LogP contribution in [0.15, 0.2) is 29.3 Å². The summed E-state index contributed by atoms with van der Waals surface area (Å²) in [4.78, 5) is 9.66. The summed E-state index contributed by atoms with van der Waals surface area (Å²) in [5, 5.41) is 6.72. The molecule has 1 atom stereocenters. The molecular weight excluding hydrogens is 378 g/mol. The maximum Gasteiger partial charge on any atom is 0.191 e. The van der Waals surface area contributed by atoms with E-state index in [1.807, 2.05) is 0 Å². The van der Waals surface area contributed by atoms with Crippen LogP contribution in [0.2, 0.25) is 0 Å². The van der Waals surface area contributed by atoms with Gasteiger partial charge < -0.3 is 25.0 Å². The van der Waals surface area contributed by atoms with Gasteiger partial charge in [0.05, 0.1) is 19.3 Å². The van der Waals surface area contributed by atoms with E-state index in [9.17, 15) is 0 Å². The van der Waals surface area contributed by atoms with Crippen molar-refractivity contribution in [2.75, 3.05) is 66.1 Å². The van der Waals surface area contributed by atoms with Crippen molar-refractivity contribution in [2.45, 2.75) is 39.0 Å². The minimum Gasteiger partial charge on any atom is -0.379 e. The number of piperazine rings is 1. The molecule has 1 unspecified atom stereocenters. The van der Waals surface area contributed by atoms with Crippen LogP contribution in [0.25, 0.3) is 0 Å². The Hall–Kier alpha value is -1.67. The second kappa shape index (κ2) is 12.9. The van der Waals surface area contributed by atoms with Crippen LogP contribution in [0.5, 0.6) is 0 Å². The normalized spacial score (nSPS) is 21.1. The van der Waals surface area contributed by atoms with Crippen molar-refractivity contribution in [3.63, 3.8) is 0 Å². The zero-order valence-corrected chi connectivity index (χ0v) is 18.7. The van der Waals surface area contributed by atoms with Crippen LogP contribution < -0.4 is 10.6 Å². The van der Waals surface area contributed by atoms with Crippen LogP contribution in [0, 0.1) is 0 Å². The zero-order chi connectivity index (χ0) is 21.0. The number of ether oxygens (including phenoxy) is 2. The Balaban J connectivity index is 1.37. The first-order valence-corrected chi connectivity index (χ1v) is 11.4. The molecule has 2 N–H and O–H groups in total. The van der Waals surface area contributed by atoms with E-state index in [0.29, 0.717) is 6.54 Å². The standard InChI is InChI=1S/C23H39N5O2/c1-3-24-23(25-10-4-15-30-22-9-16-29-19-22)26-17-20-5-7-21(8-6-20)18-28-13-11-27(2)12-14-28/h5-8,22H,3-4,9-19H2,1-2H3,(H2,24,25,26). The van der Waals surface area contributed by atoms with Crippen molar-refractivity contribution in [3.8, 4) is 0 Å². The van der Waals surface area contributed by atoms with Gasteiger partial charge in [0.1, 0.15) is 0 Å². The number of rotatable bonds is 10. The Bertz CT molecular complexity index is 623. The van der Waals surface area contributed by atoms with Crippen LogP contribution >= 0.6 is 0 Å². The number of likely N-dealkylation sites (N-methyl/N-ethyl adjacent to an activating group) is 1. The molecule has 0 bridgehead atoms. The van der Waals surface area contributed by atoms with Gasteiger partial charge in [-0.25, -0.2) is 4.99 Å². The minimum atomic E-state index is 0.283. The second-order valence-electron chi connectivity index (χ2n) is 8.23. The van der Waals surface area contributed by atoms with Gasteiger partial charge in [-0.3, -0.25) is 4.90 Å². The average molecular weight is 418 g/mol. The quantitative estimate of drug-likeness (QED) is 0.343. The van der Waals surface area contributed by atoms with Gasteiger partial charge in [0.25, 0.3) is 0 Å². The zero-order valence-electron chi connectivity index (χ0n) is 18.7. The van der Waals surface area contributed by atoms with Gasteiger partial charge in [-0.05, 0) is 37.9 Å². The number of hydrogen-bond donors (Lipinski definition) is 2.